The first-order valence-electron chi connectivity index (χ1n) is 9.31. The molecule has 6 atom stereocenters. The zero-order valence-corrected chi connectivity index (χ0v) is 17.6. The van der Waals surface area contributed by atoms with Gasteiger partial charge in [-0.25, -0.2) is 14.2 Å². The molecule has 12 nitrogen and oxygen atoms in total. The van der Waals surface area contributed by atoms with Crippen molar-refractivity contribution in [1.82, 2.24) is 14.8 Å². The largest absolute Gasteiger partial charge is 0.475 e. The van der Waals surface area contributed by atoms with Gasteiger partial charge >= 0.3 is 7.82 Å². The number of carbonyl (C=O) groups excluding carboxylic acids is 1. The second kappa shape index (κ2) is 8.93. The summed E-state index contributed by atoms with van der Waals surface area (Å²) in [7, 11) is -3.96. The van der Waals surface area contributed by atoms with E-state index in [0.29, 0.717) is 11.4 Å². The van der Waals surface area contributed by atoms with E-state index < -0.39 is 51.0 Å². The second-order valence-electron chi connectivity index (χ2n) is 6.97. The molecule has 0 bridgehead atoms. The van der Waals surface area contributed by atoms with Crippen LogP contribution in [0.1, 0.15) is 34.9 Å². The minimum absolute atomic E-state index is 0.128. The number of primary amides is 1. The maximum atomic E-state index is 12.9. The zero-order valence-electron chi connectivity index (χ0n) is 16.0. The molecule has 3 heterocycles. The molecule has 1 aromatic heterocycles. The highest BCUT2D eigenvalue weighted by atomic mass is 35.5. The molecule has 0 spiro atoms. The fourth-order valence-electron chi connectivity index (χ4n) is 3.27. The van der Waals surface area contributed by atoms with Crippen molar-refractivity contribution in [3.63, 3.8) is 0 Å². The number of rotatable bonds is 6. The molecule has 1 aromatic carbocycles. The Labute approximate surface area is 181 Å². The van der Waals surface area contributed by atoms with Crippen molar-refractivity contribution in [3.05, 3.63) is 47.0 Å². The lowest BCUT2D eigenvalue weighted by Gasteiger charge is -2.29. The Morgan fingerprint density at radius 1 is 1.39 bits per heavy atom. The number of hydrogen-bond acceptors (Lipinski definition) is 10. The van der Waals surface area contributed by atoms with Crippen molar-refractivity contribution in [3.8, 4) is 0 Å². The number of halogens is 1. The molecule has 2 fully saturated rings. The molecule has 2 aliphatic heterocycles. The topological polar surface area (TPSA) is 168 Å². The Balaban J connectivity index is 1.39. The summed E-state index contributed by atoms with van der Waals surface area (Å²) in [6.45, 7) is -0.270. The SMILES string of the molecule is NC(=O)c1ncn([C@@H]2O[C@H](COP3(=O)OCC[C@@H](c4cccc(Cl)c4)O3)[C@@H](O)[C@H]2O)n1. The first kappa shape index (κ1) is 22.3. The molecule has 1 unspecified atom stereocenters. The van der Waals surface area contributed by atoms with Gasteiger partial charge in [-0.15, -0.1) is 5.10 Å². The smallest absolute Gasteiger partial charge is 0.387 e. The molecular weight excluding hydrogens is 455 g/mol. The van der Waals surface area contributed by atoms with Crippen molar-refractivity contribution in [2.75, 3.05) is 13.2 Å². The van der Waals surface area contributed by atoms with E-state index in [1.165, 1.54) is 0 Å². The Morgan fingerprint density at radius 3 is 2.90 bits per heavy atom. The third-order valence-corrected chi connectivity index (χ3v) is 6.54. The number of nitrogens with zero attached hydrogens (tertiary/aromatic N) is 3. The monoisotopic (exact) mass is 474 g/mol. The number of aliphatic hydroxyl groups excluding tert-OH is 2. The van der Waals surface area contributed by atoms with E-state index in [1.54, 1.807) is 24.3 Å². The average molecular weight is 475 g/mol. The number of carbonyl (C=O) groups is 1. The number of nitrogens with two attached hydrogens (primary N) is 1. The molecule has 14 heteroatoms. The summed E-state index contributed by atoms with van der Waals surface area (Å²) >= 11 is 6.00. The summed E-state index contributed by atoms with van der Waals surface area (Å²) < 4.78 is 35.6. The number of ether oxygens (including phenoxy) is 1. The van der Waals surface area contributed by atoms with Crippen LogP contribution in [0.25, 0.3) is 0 Å². The summed E-state index contributed by atoms with van der Waals surface area (Å²) in [6, 6.07) is 6.95. The standard InChI is InChI=1S/C17H20ClN4O8P/c18-10-3-1-2-9(6-10)11-4-5-27-31(26,30-11)28-7-12-13(23)14(24)17(29-12)22-8-20-16(21-22)15(19)25/h1-3,6,8,11-14,17,23-24H,4-5,7H2,(H2,19,25)/t11-,12+,13+,14+,17+,31?/m0/s1. The maximum Gasteiger partial charge on any atom is 0.475 e. The van der Waals surface area contributed by atoms with Gasteiger partial charge < -0.3 is 20.7 Å². The van der Waals surface area contributed by atoms with Gasteiger partial charge in [0.15, 0.2) is 6.23 Å². The van der Waals surface area contributed by atoms with Gasteiger partial charge in [0.1, 0.15) is 24.6 Å². The fourth-order valence-corrected chi connectivity index (χ4v) is 4.87. The molecule has 4 N–H and O–H groups in total. The highest BCUT2D eigenvalue weighted by Crippen LogP contribution is 2.57. The van der Waals surface area contributed by atoms with E-state index in [1.807, 2.05) is 0 Å². The maximum absolute atomic E-state index is 12.9. The van der Waals surface area contributed by atoms with Gasteiger partial charge in [0.25, 0.3) is 5.91 Å². The van der Waals surface area contributed by atoms with Gasteiger partial charge in [-0.1, -0.05) is 23.7 Å². The van der Waals surface area contributed by atoms with Crippen LogP contribution in [0.4, 0.5) is 0 Å². The molecule has 2 saturated heterocycles. The van der Waals surface area contributed by atoms with Crippen molar-refractivity contribution in [2.45, 2.75) is 37.1 Å². The molecular formula is C17H20ClN4O8P. The molecule has 2 aromatic rings. The lowest BCUT2D eigenvalue weighted by molar-refractivity contribution is -0.0641. The van der Waals surface area contributed by atoms with E-state index in [4.69, 9.17) is 35.6 Å². The molecule has 1 amide bonds. The summed E-state index contributed by atoms with van der Waals surface area (Å²) in [4.78, 5) is 14.8. The molecule has 4 rings (SSSR count). The van der Waals surface area contributed by atoms with Crippen LogP contribution in [0, 0.1) is 0 Å². The fraction of sp³-hybridized carbons (Fsp3) is 0.471. The average Bonchev–Trinajstić information content (AvgIpc) is 3.33. The first-order chi connectivity index (χ1) is 14.8. The summed E-state index contributed by atoms with van der Waals surface area (Å²) in [5.74, 6) is -1.13. The van der Waals surface area contributed by atoms with Crippen molar-refractivity contribution < 1.29 is 37.9 Å². The van der Waals surface area contributed by atoms with Gasteiger partial charge in [-0.3, -0.25) is 18.4 Å². The van der Waals surface area contributed by atoms with Gasteiger partial charge in [-0.05, 0) is 17.7 Å². The third kappa shape index (κ3) is 4.81. The second-order valence-corrected chi connectivity index (χ2v) is 9.03. The van der Waals surface area contributed by atoms with E-state index >= 15 is 0 Å². The van der Waals surface area contributed by atoms with Crippen LogP contribution in [0.2, 0.25) is 5.02 Å². The van der Waals surface area contributed by atoms with Crippen LogP contribution in [-0.2, 0) is 22.9 Å². The third-order valence-electron chi connectivity index (χ3n) is 4.83. The van der Waals surface area contributed by atoms with Gasteiger partial charge in [0.2, 0.25) is 5.82 Å². The van der Waals surface area contributed by atoms with E-state index in [-0.39, 0.29) is 12.4 Å². The number of benzene rings is 1. The predicted molar refractivity (Wildman–Crippen MR) is 104 cm³/mol. The van der Waals surface area contributed by atoms with Gasteiger partial charge in [-0.2, -0.15) is 0 Å². The van der Waals surface area contributed by atoms with Crippen molar-refractivity contribution >= 4 is 25.3 Å². The molecule has 2 aliphatic rings. The van der Waals surface area contributed by atoms with Crippen LogP contribution in [0.3, 0.4) is 0 Å². The number of amides is 1. The Morgan fingerprint density at radius 2 is 2.19 bits per heavy atom. The first-order valence-corrected chi connectivity index (χ1v) is 11.1. The van der Waals surface area contributed by atoms with Crippen LogP contribution >= 0.6 is 19.4 Å². The number of aliphatic hydroxyl groups is 2. The van der Waals surface area contributed by atoms with E-state index in [9.17, 15) is 19.6 Å². The predicted octanol–water partition coefficient (Wildman–Crippen LogP) is 0.952. The van der Waals surface area contributed by atoms with Crippen molar-refractivity contribution in [1.29, 1.82) is 0 Å². The quantitative estimate of drug-likeness (QED) is 0.512. The van der Waals surface area contributed by atoms with Crippen molar-refractivity contribution in [2.24, 2.45) is 5.73 Å². The summed E-state index contributed by atoms with van der Waals surface area (Å²) in [5, 5.41) is 24.9. The normalized spacial score (nSPS) is 33.5. The lowest BCUT2D eigenvalue weighted by atomic mass is 10.1. The highest BCUT2D eigenvalue weighted by Gasteiger charge is 2.46. The number of aromatic nitrogens is 3. The van der Waals surface area contributed by atoms with Crippen LogP contribution in [0.15, 0.2) is 30.6 Å². The lowest BCUT2D eigenvalue weighted by Crippen LogP contribution is -2.34. The van der Waals surface area contributed by atoms with E-state index in [2.05, 4.69) is 10.1 Å². The Kier molecular flexibility index (Phi) is 6.42. The number of phosphoric acid groups is 1. The Bertz CT molecular complexity index is 1010. The van der Waals surface area contributed by atoms with Crippen LogP contribution in [0.5, 0.6) is 0 Å². The molecule has 0 radical (unpaired) electrons. The minimum Gasteiger partial charge on any atom is -0.387 e. The molecule has 168 valence electrons. The molecule has 0 aliphatic carbocycles. The van der Waals surface area contributed by atoms with Crippen LogP contribution < -0.4 is 5.73 Å². The zero-order chi connectivity index (χ0) is 22.2. The highest BCUT2D eigenvalue weighted by molar-refractivity contribution is 7.48. The summed E-state index contributed by atoms with van der Waals surface area (Å²) in [6.07, 6.45) is -4.01. The summed E-state index contributed by atoms with van der Waals surface area (Å²) in [5.41, 5.74) is 5.83. The molecule has 31 heavy (non-hydrogen) atoms. The Hall–Kier alpha value is -1.89. The minimum atomic E-state index is -3.96. The van der Waals surface area contributed by atoms with E-state index in [0.717, 1.165) is 16.6 Å². The van der Waals surface area contributed by atoms with Crippen LogP contribution in [-0.4, -0.2) is 62.4 Å². The van der Waals surface area contributed by atoms with Gasteiger partial charge in [0.05, 0.1) is 19.3 Å². The van der Waals surface area contributed by atoms with Gasteiger partial charge in [0, 0.05) is 11.4 Å². The number of phosphoric ester groups is 1. The number of hydrogen-bond donors (Lipinski definition) is 3. The molecule has 0 saturated carbocycles.